The largest absolute Gasteiger partial charge is 0.454 e. The van der Waals surface area contributed by atoms with E-state index in [9.17, 15) is 9.59 Å². The first-order valence-corrected chi connectivity index (χ1v) is 9.42. The fourth-order valence-electron chi connectivity index (χ4n) is 3.20. The van der Waals surface area contributed by atoms with Gasteiger partial charge in [-0.05, 0) is 46.9 Å². The quantitative estimate of drug-likeness (QED) is 0.707. The third kappa shape index (κ3) is 3.35. The third-order valence-electron chi connectivity index (χ3n) is 4.54. The van der Waals surface area contributed by atoms with Crippen LogP contribution in [0.15, 0.2) is 42.5 Å². The second kappa shape index (κ2) is 7.14. The van der Waals surface area contributed by atoms with Crippen LogP contribution in [0.3, 0.4) is 0 Å². The topological polar surface area (TPSA) is 67.9 Å². The average Bonchev–Trinajstić information content (AvgIpc) is 3.25. The summed E-state index contributed by atoms with van der Waals surface area (Å²) in [6, 6.07) is 12.9. The number of hydrogen-bond acceptors (Lipinski definition) is 4. The molecule has 26 heavy (non-hydrogen) atoms. The highest BCUT2D eigenvalue weighted by Gasteiger charge is 2.31. The molecule has 1 saturated heterocycles. The number of ether oxygens (including phenoxy) is 2. The van der Waals surface area contributed by atoms with E-state index in [4.69, 9.17) is 9.47 Å². The van der Waals surface area contributed by atoms with Gasteiger partial charge in [0.05, 0.1) is 5.56 Å². The second-order valence-electron chi connectivity index (χ2n) is 6.30. The summed E-state index contributed by atoms with van der Waals surface area (Å²) >= 11 is 2.15. The first-order valence-electron chi connectivity index (χ1n) is 8.34. The van der Waals surface area contributed by atoms with Crippen molar-refractivity contribution < 1.29 is 19.1 Å². The Labute approximate surface area is 164 Å². The van der Waals surface area contributed by atoms with Crippen molar-refractivity contribution in [3.63, 3.8) is 0 Å². The summed E-state index contributed by atoms with van der Waals surface area (Å²) in [6.07, 6.45) is 0.417. The summed E-state index contributed by atoms with van der Waals surface area (Å²) < 4.78 is 11.6. The van der Waals surface area contributed by atoms with Crippen molar-refractivity contribution in [1.29, 1.82) is 0 Å². The van der Waals surface area contributed by atoms with Gasteiger partial charge in [-0.1, -0.05) is 12.1 Å². The Hall–Kier alpha value is -2.29. The number of anilines is 1. The zero-order chi connectivity index (χ0) is 18.1. The van der Waals surface area contributed by atoms with E-state index in [1.807, 2.05) is 36.4 Å². The van der Waals surface area contributed by atoms with Gasteiger partial charge in [-0.3, -0.25) is 9.59 Å². The maximum Gasteiger partial charge on any atom is 0.252 e. The SMILES string of the molecule is O=C(NCC1CC(=O)N(c2ccc3c(c2)OCO3)C1)c1ccccc1I. The number of nitrogens with one attached hydrogen (secondary N) is 1. The van der Waals surface area contributed by atoms with Gasteiger partial charge in [0.15, 0.2) is 11.5 Å². The molecule has 2 heterocycles. The fraction of sp³-hybridized carbons (Fsp3) is 0.263. The monoisotopic (exact) mass is 464 g/mol. The van der Waals surface area contributed by atoms with Crippen LogP contribution in [-0.2, 0) is 4.79 Å². The standard InChI is InChI=1S/C19H17IN2O4/c20-15-4-2-1-3-14(15)19(24)21-9-12-7-18(23)22(10-12)13-5-6-16-17(8-13)26-11-25-16/h1-6,8,12H,7,9-11H2,(H,21,24). The minimum absolute atomic E-state index is 0.0532. The number of halogens is 1. The molecule has 2 aliphatic heterocycles. The molecule has 2 aromatic carbocycles. The van der Waals surface area contributed by atoms with Crippen molar-refractivity contribution >= 4 is 40.1 Å². The van der Waals surface area contributed by atoms with Crippen LogP contribution in [0.5, 0.6) is 11.5 Å². The molecule has 0 bridgehead atoms. The Morgan fingerprint density at radius 1 is 1.19 bits per heavy atom. The van der Waals surface area contributed by atoms with Crippen LogP contribution in [0.2, 0.25) is 0 Å². The molecular weight excluding hydrogens is 447 g/mol. The highest BCUT2D eigenvalue weighted by Crippen LogP contribution is 2.37. The van der Waals surface area contributed by atoms with Crippen LogP contribution in [0, 0.1) is 9.49 Å². The maximum atomic E-state index is 12.4. The van der Waals surface area contributed by atoms with E-state index >= 15 is 0 Å². The molecule has 2 amide bonds. The van der Waals surface area contributed by atoms with Crippen LogP contribution >= 0.6 is 22.6 Å². The zero-order valence-corrected chi connectivity index (χ0v) is 16.1. The fourth-order valence-corrected chi connectivity index (χ4v) is 3.83. The van der Waals surface area contributed by atoms with Gasteiger partial charge in [-0.2, -0.15) is 0 Å². The van der Waals surface area contributed by atoms with Crippen molar-refractivity contribution in [2.45, 2.75) is 6.42 Å². The van der Waals surface area contributed by atoms with Gasteiger partial charge >= 0.3 is 0 Å². The van der Waals surface area contributed by atoms with Gasteiger partial charge in [-0.15, -0.1) is 0 Å². The van der Waals surface area contributed by atoms with E-state index in [-0.39, 0.29) is 24.5 Å². The molecule has 1 unspecified atom stereocenters. The maximum absolute atomic E-state index is 12.4. The average molecular weight is 464 g/mol. The molecule has 7 heteroatoms. The Bertz CT molecular complexity index is 870. The van der Waals surface area contributed by atoms with Gasteiger partial charge in [0.1, 0.15) is 0 Å². The van der Waals surface area contributed by atoms with Crippen molar-refractivity contribution in [2.24, 2.45) is 5.92 Å². The number of rotatable bonds is 4. The smallest absolute Gasteiger partial charge is 0.252 e. The van der Waals surface area contributed by atoms with Crippen molar-refractivity contribution in [3.05, 3.63) is 51.6 Å². The number of fused-ring (bicyclic) bond motifs is 1. The van der Waals surface area contributed by atoms with E-state index < -0.39 is 0 Å². The molecule has 0 aromatic heterocycles. The van der Waals surface area contributed by atoms with Gasteiger partial charge < -0.3 is 19.7 Å². The Morgan fingerprint density at radius 3 is 2.85 bits per heavy atom. The van der Waals surface area contributed by atoms with Crippen LogP contribution < -0.4 is 19.7 Å². The first kappa shape index (κ1) is 17.1. The van der Waals surface area contributed by atoms with Crippen LogP contribution in [0.25, 0.3) is 0 Å². The van der Waals surface area contributed by atoms with E-state index in [1.165, 1.54) is 0 Å². The molecule has 1 fully saturated rings. The summed E-state index contributed by atoms with van der Waals surface area (Å²) in [5.74, 6) is 1.38. The number of carbonyl (C=O) groups excluding carboxylic acids is 2. The zero-order valence-electron chi connectivity index (χ0n) is 13.9. The molecule has 6 nitrogen and oxygen atoms in total. The second-order valence-corrected chi connectivity index (χ2v) is 7.46. The Balaban J connectivity index is 1.39. The first-order chi connectivity index (χ1) is 12.6. The summed E-state index contributed by atoms with van der Waals surface area (Å²) in [5, 5.41) is 2.95. The van der Waals surface area contributed by atoms with E-state index in [0.29, 0.717) is 36.6 Å². The number of benzene rings is 2. The highest BCUT2D eigenvalue weighted by molar-refractivity contribution is 14.1. The predicted octanol–water partition coefficient (Wildman–Crippen LogP) is 2.80. The Kier molecular flexibility index (Phi) is 4.71. The molecular formula is C19H17IN2O4. The summed E-state index contributed by atoms with van der Waals surface area (Å²) in [5.41, 5.74) is 1.45. The summed E-state index contributed by atoms with van der Waals surface area (Å²) in [7, 11) is 0. The minimum Gasteiger partial charge on any atom is -0.454 e. The van der Waals surface area contributed by atoms with Crippen molar-refractivity contribution in [2.75, 3.05) is 24.8 Å². The number of nitrogens with zero attached hydrogens (tertiary/aromatic N) is 1. The van der Waals surface area contributed by atoms with Crippen LogP contribution in [0.4, 0.5) is 5.69 Å². The molecule has 134 valence electrons. The summed E-state index contributed by atoms with van der Waals surface area (Å²) in [4.78, 5) is 26.5. The molecule has 1 N–H and O–H groups in total. The lowest BCUT2D eigenvalue weighted by Gasteiger charge is -2.17. The van der Waals surface area contributed by atoms with Gasteiger partial charge in [0.2, 0.25) is 12.7 Å². The molecule has 2 aromatic rings. The van der Waals surface area contributed by atoms with Gasteiger partial charge in [0, 0.05) is 40.8 Å². The minimum atomic E-state index is -0.107. The Morgan fingerprint density at radius 2 is 2.00 bits per heavy atom. The van der Waals surface area contributed by atoms with Gasteiger partial charge in [0.25, 0.3) is 5.91 Å². The molecule has 0 aliphatic carbocycles. The number of amides is 2. The van der Waals surface area contributed by atoms with E-state index in [0.717, 1.165) is 9.26 Å². The highest BCUT2D eigenvalue weighted by atomic mass is 127. The van der Waals surface area contributed by atoms with Crippen LogP contribution in [0.1, 0.15) is 16.8 Å². The lowest BCUT2D eigenvalue weighted by Crippen LogP contribution is -2.31. The lowest BCUT2D eigenvalue weighted by molar-refractivity contribution is -0.117. The van der Waals surface area contributed by atoms with Crippen molar-refractivity contribution in [1.82, 2.24) is 5.32 Å². The molecule has 4 rings (SSSR count). The van der Waals surface area contributed by atoms with Gasteiger partial charge in [-0.25, -0.2) is 0 Å². The number of carbonyl (C=O) groups is 2. The molecule has 2 aliphatic rings. The van der Waals surface area contributed by atoms with E-state index in [1.54, 1.807) is 11.0 Å². The normalized spacial score (nSPS) is 18.3. The lowest BCUT2D eigenvalue weighted by atomic mass is 10.1. The van der Waals surface area contributed by atoms with Crippen molar-refractivity contribution in [3.8, 4) is 11.5 Å². The van der Waals surface area contributed by atoms with E-state index in [2.05, 4.69) is 27.9 Å². The molecule has 0 saturated carbocycles. The molecule has 0 spiro atoms. The summed E-state index contributed by atoms with van der Waals surface area (Å²) in [6.45, 7) is 1.25. The molecule has 1 atom stereocenters. The predicted molar refractivity (Wildman–Crippen MR) is 105 cm³/mol. The van der Waals surface area contributed by atoms with Crippen LogP contribution in [-0.4, -0.2) is 31.7 Å². The molecule has 0 radical (unpaired) electrons. The third-order valence-corrected chi connectivity index (χ3v) is 5.48. The number of hydrogen-bond donors (Lipinski definition) is 1.